The number of ether oxygens (including phenoxy) is 1. The lowest BCUT2D eigenvalue weighted by Gasteiger charge is -2.14. The molecule has 1 N–H and O–H groups in total. The monoisotopic (exact) mass is 195 g/mol. The lowest BCUT2D eigenvalue weighted by atomic mass is 10.2. The van der Waals surface area contributed by atoms with Gasteiger partial charge >= 0.3 is 5.97 Å². The molecule has 0 aromatic carbocycles. The van der Waals surface area contributed by atoms with E-state index in [9.17, 15) is 4.79 Å². The van der Waals surface area contributed by atoms with E-state index in [4.69, 9.17) is 4.74 Å². The maximum Gasteiger partial charge on any atom is 0.339 e. The van der Waals surface area contributed by atoms with Gasteiger partial charge in [-0.05, 0) is 32.4 Å². The Balaban J connectivity index is 2.21. The highest BCUT2D eigenvalue weighted by Gasteiger charge is 2.17. The molecule has 0 amide bonds. The fraction of sp³-hybridized carbons (Fsp3) is 0.400. The first-order valence-corrected chi connectivity index (χ1v) is 4.48. The van der Waals surface area contributed by atoms with Gasteiger partial charge in [-0.3, -0.25) is 0 Å². The van der Waals surface area contributed by atoms with Crippen molar-refractivity contribution >= 4 is 5.97 Å². The van der Waals surface area contributed by atoms with Gasteiger partial charge in [0.05, 0.1) is 0 Å². The maximum atomic E-state index is 11.4. The summed E-state index contributed by atoms with van der Waals surface area (Å²) in [6.07, 6.45) is 7.00. The first kappa shape index (κ1) is 10.8. The predicted molar refractivity (Wildman–Crippen MR) is 54.2 cm³/mol. The van der Waals surface area contributed by atoms with Crippen LogP contribution in [0.25, 0.3) is 0 Å². The van der Waals surface area contributed by atoms with Crippen LogP contribution < -0.4 is 5.32 Å². The molecule has 0 saturated carbocycles. The van der Waals surface area contributed by atoms with Crippen molar-refractivity contribution in [2.75, 3.05) is 27.2 Å². The van der Waals surface area contributed by atoms with Gasteiger partial charge in [-0.2, -0.15) is 0 Å². The van der Waals surface area contributed by atoms with Crippen molar-refractivity contribution in [3.8, 4) is 0 Å². The molecule has 0 saturated heterocycles. The van der Waals surface area contributed by atoms with E-state index in [-0.39, 0.29) is 5.97 Å². The number of esters is 1. The molecule has 1 heterocycles. The van der Waals surface area contributed by atoms with Crippen molar-refractivity contribution in [1.82, 2.24) is 10.2 Å². The molecule has 0 spiro atoms. The van der Waals surface area contributed by atoms with E-state index in [0.29, 0.717) is 12.6 Å². The average molecular weight is 195 g/mol. The molecule has 1 radical (unpaired) electrons. The molecule has 4 heteroatoms. The Morgan fingerprint density at radius 1 is 1.50 bits per heavy atom. The van der Waals surface area contributed by atoms with Crippen molar-refractivity contribution < 1.29 is 9.53 Å². The van der Waals surface area contributed by atoms with E-state index < -0.39 is 0 Å². The van der Waals surface area contributed by atoms with Crippen LogP contribution in [0.3, 0.4) is 0 Å². The van der Waals surface area contributed by atoms with E-state index in [1.54, 1.807) is 18.4 Å². The highest BCUT2D eigenvalue weighted by atomic mass is 16.5. The van der Waals surface area contributed by atoms with Crippen molar-refractivity contribution in [3.05, 3.63) is 30.5 Å². The summed E-state index contributed by atoms with van der Waals surface area (Å²) in [6, 6.07) is 0.478. The van der Waals surface area contributed by atoms with Gasteiger partial charge in [0.1, 0.15) is 6.61 Å². The smallest absolute Gasteiger partial charge is 0.339 e. The van der Waals surface area contributed by atoms with E-state index in [1.807, 2.05) is 25.1 Å². The second-order valence-electron chi connectivity index (χ2n) is 3.22. The van der Waals surface area contributed by atoms with E-state index in [1.165, 1.54) is 0 Å². The molecule has 1 aliphatic heterocycles. The molecule has 0 atom stereocenters. The van der Waals surface area contributed by atoms with Gasteiger partial charge in [0.25, 0.3) is 0 Å². The van der Waals surface area contributed by atoms with Crippen molar-refractivity contribution in [3.63, 3.8) is 0 Å². The SMILES string of the molecule is CN(C)CCOC(=O)[C]1C=CC=CN1. The van der Waals surface area contributed by atoms with Crippen LogP contribution in [-0.2, 0) is 9.53 Å². The second-order valence-corrected chi connectivity index (χ2v) is 3.22. The van der Waals surface area contributed by atoms with Gasteiger partial charge < -0.3 is 15.0 Å². The van der Waals surface area contributed by atoms with Gasteiger partial charge in [-0.15, -0.1) is 0 Å². The van der Waals surface area contributed by atoms with Gasteiger partial charge in [0.2, 0.25) is 0 Å². The van der Waals surface area contributed by atoms with Gasteiger partial charge in [-0.1, -0.05) is 6.08 Å². The Morgan fingerprint density at radius 3 is 2.86 bits per heavy atom. The molecule has 77 valence electrons. The van der Waals surface area contributed by atoms with Crippen LogP contribution in [0.5, 0.6) is 0 Å². The Kier molecular flexibility index (Phi) is 4.19. The summed E-state index contributed by atoms with van der Waals surface area (Å²) in [5.41, 5.74) is 0. The molecule has 0 aliphatic carbocycles. The maximum absolute atomic E-state index is 11.4. The molecule has 4 nitrogen and oxygen atoms in total. The highest BCUT2D eigenvalue weighted by molar-refractivity contribution is 5.87. The standard InChI is InChI=1S/C10H15N2O2/c1-12(2)7-8-14-10(13)9-5-3-4-6-11-9/h3-6,11H,7-8H2,1-2H3. The summed E-state index contributed by atoms with van der Waals surface area (Å²) >= 11 is 0. The summed E-state index contributed by atoms with van der Waals surface area (Å²) in [6.45, 7) is 1.15. The van der Waals surface area contributed by atoms with Crippen molar-refractivity contribution in [2.24, 2.45) is 0 Å². The molecule has 0 aromatic rings. The summed E-state index contributed by atoms with van der Waals surface area (Å²) in [4.78, 5) is 13.3. The zero-order valence-electron chi connectivity index (χ0n) is 8.49. The minimum Gasteiger partial charge on any atom is -0.462 e. The minimum atomic E-state index is -0.313. The number of carbonyl (C=O) groups excluding carboxylic acids is 1. The predicted octanol–water partition coefficient (Wildman–Crippen LogP) is 0.296. The molecule has 0 bridgehead atoms. The fourth-order valence-electron chi connectivity index (χ4n) is 0.919. The van der Waals surface area contributed by atoms with Gasteiger partial charge in [0, 0.05) is 6.54 Å². The van der Waals surface area contributed by atoms with Crippen LogP contribution in [-0.4, -0.2) is 38.1 Å². The van der Waals surface area contributed by atoms with Gasteiger partial charge in [0.15, 0.2) is 6.04 Å². The second kappa shape index (κ2) is 5.44. The van der Waals surface area contributed by atoms with Crippen LogP contribution in [0.15, 0.2) is 24.4 Å². The fourth-order valence-corrected chi connectivity index (χ4v) is 0.919. The molecule has 0 aromatic heterocycles. The van der Waals surface area contributed by atoms with Crippen molar-refractivity contribution in [2.45, 2.75) is 0 Å². The van der Waals surface area contributed by atoms with Crippen molar-refractivity contribution in [1.29, 1.82) is 0 Å². The summed E-state index contributed by atoms with van der Waals surface area (Å²) in [7, 11) is 3.87. The van der Waals surface area contributed by atoms with Crippen LogP contribution in [0.1, 0.15) is 0 Å². The van der Waals surface area contributed by atoms with Crippen LogP contribution in [0.2, 0.25) is 0 Å². The molecule has 0 fully saturated rings. The highest BCUT2D eigenvalue weighted by Crippen LogP contribution is 2.04. The zero-order valence-corrected chi connectivity index (χ0v) is 8.49. The molecule has 14 heavy (non-hydrogen) atoms. The van der Waals surface area contributed by atoms with Crippen LogP contribution in [0, 0.1) is 6.04 Å². The zero-order chi connectivity index (χ0) is 10.4. The van der Waals surface area contributed by atoms with E-state index in [0.717, 1.165) is 6.54 Å². The van der Waals surface area contributed by atoms with Gasteiger partial charge in [-0.25, -0.2) is 4.79 Å². The Morgan fingerprint density at radius 2 is 2.29 bits per heavy atom. The van der Waals surface area contributed by atoms with Crippen LogP contribution in [0.4, 0.5) is 0 Å². The third kappa shape index (κ3) is 3.62. The molecule has 0 unspecified atom stereocenters. The first-order chi connectivity index (χ1) is 6.70. The number of dihydropyridines is 1. The van der Waals surface area contributed by atoms with E-state index >= 15 is 0 Å². The number of allylic oxidation sites excluding steroid dienone is 2. The lowest BCUT2D eigenvalue weighted by molar-refractivity contribution is -0.141. The number of carbonyl (C=O) groups is 1. The Hall–Kier alpha value is -1.29. The number of hydrogen-bond acceptors (Lipinski definition) is 4. The summed E-state index contributed by atoms with van der Waals surface area (Å²) in [5.74, 6) is -0.313. The molecule has 1 aliphatic rings. The number of hydrogen-bond donors (Lipinski definition) is 1. The number of nitrogens with one attached hydrogen (secondary N) is 1. The normalized spacial score (nSPS) is 15.6. The first-order valence-electron chi connectivity index (χ1n) is 4.48. The average Bonchev–Trinajstić information content (AvgIpc) is 2.18. The number of likely N-dealkylation sites (N-methyl/N-ethyl adjacent to an activating group) is 1. The summed E-state index contributed by atoms with van der Waals surface area (Å²) < 4.78 is 5.03. The minimum absolute atomic E-state index is 0.313. The largest absolute Gasteiger partial charge is 0.462 e. The Labute approximate surface area is 84.2 Å². The lowest BCUT2D eigenvalue weighted by Crippen LogP contribution is -2.28. The van der Waals surface area contributed by atoms with Crippen LogP contribution >= 0.6 is 0 Å². The quantitative estimate of drug-likeness (QED) is 0.655. The summed E-state index contributed by atoms with van der Waals surface area (Å²) in [5, 5.41) is 2.82. The van der Waals surface area contributed by atoms with E-state index in [2.05, 4.69) is 5.32 Å². The molecular formula is C10H15N2O2. The Bertz CT molecular complexity index is 247. The third-order valence-corrected chi connectivity index (χ3v) is 1.70. The third-order valence-electron chi connectivity index (χ3n) is 1.70. The molecular weight excluding hydrogens is 180 g/mol. The molecule has 1 rings (SSSR count). The number of rotatable bonds is 4. The number of nitrogens with zero attached hydrogens (tertiary/aromatic N) is 1. The topological polar surface area (TPSA) is 41.6 Å².